The molecular formula is C11H12N2O6S. The second kappa shape index (κ2) is 5.17. The van der Waals surface area contributed by atoms with Crippen LogP contribution in [0.1, 0.15) is 25.7 Å². The van der Waals surface area contributed by atoms with Gasteiger partial charge in [-0.1, -0.05) is 6.08 Å². The summed E-state index contributed by atoms with van der Waals surface area (Å²) in [6.07, 6.45) is 2.68. The van der Waals surface area contributed by atoms with Crippen LogP contribution >= 0.6 is 0 Å². The van der Waals surface area contributed by atoms with Gasteiger partial charge in [-0.25, -0.2) is 18.4 Å². The summed E-state index contributed by atoms with van der Waals surface area (Å²) in [7, 11) is -3.77. The number of hydrogen-bond acceptors (Lipinski definition) is 6. The van der Waals surface area contributed by atoms with E-state index in [1.54, 1.807) is 0 Å². The van der Waals surface area contributed by atoms with Crippen molar-refractivity contribution in [1.29, 1.82) is 0 Å². The SMILES string of the molecule is NS(=O)(=O)C1=CC=C(C(=O)ON2C(=O)CCC2=O)CC1. The van der Waals surface area contributed by atoms with Gasteiger partial charge in [0, 0.05) is 18.4 Å². The summed E-state index contributed by atoms with van der Waals surface area (Å²) >= 11 is 0. The van der Waals surface area contributed by atoms with Crippen LogP contribution in [0, 0.1) is 0 Å². The van der Waals surface area contributed by atoms with E-state index in [4.69, 9.17) is 9.98 Å². The number of rotatable bonds is 3. The van der Waals surface area contributed by atoms with Crippen LogP contribution in [0.4, 0.5) is 0 Å². The van der Waals surface area contributed by atoms with Crippen molar-refractivity contribution in [3.63, 3.8) is 0 Å². The summed E-state index contributed by atoms with van der Waals surface area (Å²) in [5.74, 6) is -1.99. The van der Waals surface area contributed by atoms with Gasteiger partial charge in [0.15, 0.2) is 0 Å². The van der Waals surface area contributed by atoms with Gasteiger partial charge in [-0.15, -0.1) is 5.06 Å². The number of carbonyl (C=O) groups is 3. The van der Waals surface area contributed by atoms with E-state index in [0.717, 1.165) is 0 Å². The lowest BCUT2D eigenvalue weighted by Gasteiger charge is -2.16. The molecule has 1 aliphatic carbocycles. The van der Waals surface area contributed by atoms with Crippen LogP contribution < -0.4 is 5.14 Å². The Morgan fingerprint density at radius 1 is 1.10 bits per heavy atom. The molecule has 1 aliphatic heterocycles. The first kappa shape index (κ1) is 14.4. The third-order valence-corrected chi connectivity index (χ3v) is 3.99. The highest BCUT2D eigenvalue weighted by atomic mass is 32.2. The molecule has 2 amide bonds. The fourth-order valence-corrected chi connectivity index (χ4v) is 2.47. The number of hydroxylamine groups is 2. The highest BCUT2D eigenvalue weighted by Crippen LogP contribution is 2.23. The van der Waals surface area contributed by atoms with E-state index in [-0.39, 0.29) is 36.2 Å². The number of primary sulfonamides is 1. The van der Waals surface area contributed by atoms with Gasteiger partial charge >= 0.3 is 5.97 Å². The fraction of sp³-hybridized carbons (Fsp3) is 0.364. The predicted octanol–water partition coefficient (Wildman–Crippen LogP) is -0.514. The number of nitrogens with zero attached hydrogens (tertiary/aromatic N) is 1. The van der Waals surface area contributed by atoms with Gasteiger partial charge in [0.1, 0.15) is 0 Å². The number of amides is 2. The Morgan fingerprint density at radius 2 is 1.70 bits per heavy atom. The first-order valence-corrected chi connectivity index (χ1v) is 7.34. The Kier molecular flexibility index (Phi) is 3.73. The zero-order valence-corrected chi connectivity index (χ0v) is 11.2. The Balaban J connectivity index is 2.08. The third-order valence-electron chi connectivity index (χ3n) is 2.92. The van der Waals surface area contributed by atoms with Crippen LogP contribution in [-0.2, 0) is 29.2 Å². The summed E-state index contributed by atoms with van der Waals surface area (Å²) in [6, 6.07) is 0. The summed E-state index contributed by atoms with van der Waals surface area (Å²) in [4.78, 5) is 39.1. The quantitative estimate of drug-likeness (QED) is 0.700. The molecule has 0 bridgehead atoms. The molecule has 108 valence electrons. The second-order valence-corrected chi connectivity index (χ2v) is 5.94. The van der Waals surface area contributed by atoms with E-state index in [0.29, 0.717) is 5.06 Å². The lowest BCUT2D eigenvalue weighted by molar-refractivity contribution is -0.194. The van der Waals surface area contributed by atoms with Gasteiger partial charge < -0.3 is 4.84 Å². The van der Waals surface area contributed by atoms with Crippen molar-refractivity contribution in [2.45, 2.75) is 25.7 Å². The second-order valence-electron chi connectivity index (χ2n) is 4.33. The summed E-state index contributed by atoms with van der Waals surface area (Å²) < 4.78 is 22.2. The molecule has 1 fully saturated rings. The molecule has 1 heterocycles. The van der Waals surface area contributed by atoms with Crippen molar-refractivity contribution in [3.05, 3.63) is 22.6 Å². The fourth-order valence-electron chi connectivity index (χ4n) is 1.82. The molecule has 0 unspecified atom stereocenters. The van der Waals surface area contributed by atoms with Gasteiger partial charge in [0.25, 0.3) is 11.8 Å². The highest BCUT2D eigenvalue weighted by molar-refractivity contribution is 7.93. The molecule has 0 atom stereocenters. The maximum Gasteiger partial charge on any atom is 0.359 e. The van der Waals surface area contributed by atoms with Crippen molar-refractivity contribution in [1.82, 2.24) is 5.06 Å². The average Bonchev–Trinajstić information content (AvgIpc) is 2.69. The number of carbonyl (C=O) groups excluding carboxylic acids is 3. The minimum absolute atomic E-state index is 0.0145. The number of sulfonamides is 1. The van der Waals surface area contributed by atoms with Crippen LogP contribution in [0.5, 0.6) is 0 Å². The maximum atomic E-state index is 11.8. The molecule has 0 aromatic heterocycles. The largest absolute Gasteiger partial charge is 0.359 e. The van der Waals surface area contributed by atoms with E-state index in [9.17, 15) is 22.8 Å². The molecule has 2 aliphatic rings. The number of hydrogen-bond donors (Lipinski definition) is 1. The zero-order chi connectivity index (χ0) is 14.9. The number of allylic oxidation sites excluding steroid dienone is 3. The van der Waals surface area contributed by atoms with Crippen LogP contribution in [0.2, 0.25) is 0 Å². The summed E-state index contributed by atoms with van der Waals surface area (Å²) in [5.41, 5.74) is 0.171. The zero-order valence-electron chi connectivity index (χ0n) is 10.4. The standard InChI is InChI=1S/C11H12N2O6S/c12-20(17,18)8-3-1-7(2-4-8)11(16)19-13-9(14)5-6-10(13)15/h1,3H,2,4-6H2,(H2,12,17,18). The first-order valence-electron chi connectivity index (χ1n) is 5.79. The maximum absolute atomic E-state index is 11.8. The molecular weight excluding hydrogens is 288 g/mol. The minimum atomic E-state index is -3.77. The molecule has 20 heavy (non-hydrogen) atoms. The van der Waals surface area contributed by atoms with Crippen LogP contribution in [0.15, 0.2) is 22.6 Å². The molecule has 8 nitrogen and oxygen atoms in total. The van der Waals surface area contributed by atoms with Crippen LogP contribution in [0.3, 0.4) is 0 Å². The molecule has 9 heteroatoms. The van der Waals surface area contributed by atoms with Gasteiger partial charge in [-0.2, -0.15) is 0 Å². The molecule has 2 rings (SSSR count). The molecule has 2 N–H and O–H groups in total. The average molecular weight is 300 g/mol. The monoisotopic (exact) mass is 300 g/mol. The third kappa shape index (κ3) is 2.94. The van der Waals surface area contributed by atoms with E-state index >= 15 is 0 Å². The summed E-state index contributed by atoms with van der Waals surface area (Å²) in [5, 5.41) is 5.41. The van der Waals surface area contributed by atoms with Crippen molar-refractivity contribution in [2.24, 2.45) is 5.14 Å². The van der Waals surface area contributed by atoms with E-state index in [1.165, 1.54) is 12.2 Å². The topological polar surface area (TPSA) is 124 Å². The Hall–Kier alpha value is -2.00. The first-order chi connectivity index (χ1) is 9.29. The van der Waals surface area contributed by atoms with Gasteiger partial charge in [-0.3, -0.25) is 9.59 Å². The predicted molar refractivity (Wildman–Crippen MR) is 65.7 cm³/mol. The lowest BCUT2D eigenvalue weighted by atomic mass is 10.1. The van der Waals surface area contributed by atoms with E-state index < -0.39 is 27.8 Å². The van der Waals surface area contributed by atoms with Gasteiger partial charge in [-0.05, 0) is 18.9 Å². The summed E-state index contributed by atoms with van der Waals surface area (Å²) in [6.45, 7) is 0. The minimum Gasteiger partial charge on any atom is -0.325 e. The molecule has 0 saturated carbocycles. The number of nitrogens with two attached hydrogens (primary N) is 1. The smallest absolute Gasteiger partial charge is 0.325 e. The van der Waals surface area contributed by atoms with E-state index in [2.05, 4.69) is 0 Å². The Morgan fingerprint density at radius 3 is 2.15 bits per heavy atom. The molecule has 0 aromatic rings. The lowest BCUT2D eigenvalue weighted by Crippen LogP contribution is -2.32. The van der Waals surface area contributed by atoms with Gasteiger partial charge in [0.05, 0.1) is 4.91 Å². The van der Waals surface area contributed by atoms with Crippen molar-refractivity contribution in [2.75, 3.05) is 0 Å². The van der Waals surface area contributed by atoms with Gasteiger partial charge in [0.2, 0.25) is 10.0 Å². The molecule has 1 saturated heterocycles. The molecule has 0 radical (unpaired) electrons. The van der Waals surface area contributed by atoms with Crippen molar-refractivity contribution in [3.8, 4) is 0 Å². The molecule has 0 aromatic carbocycles. The van der Waals surface area contributed by atoms with Crippen LogP contribution in [-0.4, -0.2) is 31.3 Å². The molecule has 0 spiro atoms. The number of imide groups is 1. The Bertz CT molecular complexity index is 630. The van der Waals surface area contributed by atoms with Crippen LogP contribution in [0.25, 0.3) is 0 Å². The van der Waals surface area contributed by atoms with Crippen molar-refractivity contribution >= 4 is 27.8 Å². The normalized spacial score (nSPS) is 19.8. The van der Waals surface area contributed by atoms with Crippen molar-refractivity contribution < 1.29 is 27.6 Å². The highest BCUT2D eigenvalue weighted by Gasteiger charge is 2.33. The van der Waals surface area contributed by atoms with E-state index in [1.807, 2.05) is 0 Å². The Labute approximate surface area is 114 Å².